The molecule has 1 aromatic rings. The molecule has 2 aliphatic rings. The van der Waals surface area contributed by atoms with Crippen LogP contribution in [-0.2, 0) is 0 Å². The SMILES string of the molecule is CC1CC(C)(C)CC2(CCNCC2c2ccccc2Br)C1. The van der Waals surface area contributed by atoms with Gasteiger partial charge in [0.1, 0.15) is 0 Å². The predicted octanol–water partition coefficient (Wildman–Crippen LogP) is 5.36. The fourth-order valence-corrected chi connectivity index (χ4v) is 6.00. The predicted molar refractivity (Wildman–Crippen MR) is 93.6 cm³/mol. The lowest BCUT2D eigenvalue weighted by Gasteiger charge is -2.54. The van der Waals surface area contributed by atoms with Crippen LogP contribution in [0.2, 0.25) is 0 Å². The Hall–Kier alpha value is -0.340. The molecule has 3 atom stereocenters. The summed E-state index contributed by atoms with van der Waals surface area (Å²) in [4.78, 5) is 0. The molecule has 0 amide bonds. The largest absolute Gasteiger partial charge is 0.316 e. The van der Waals surface area contributed by atoms with Crippen molar-refractivity contribution in [2.45, 2.75) is 52.4 Å². The molecule has 0 radical (unpaired) electrons. The number of nitrogens with one attached hydrogen (secondary N) is 1. The van der Waals surface area contributed by atoms with Gasteiger partial charge in [0, 0.05) is 16.9 Å². The Labute approximate surface area is 138 Å². The van der Waals surface area contributed by atoms with Gasteiger partial charge in [-0.3, -0.25) is 0 Å². The van der Waals surface area contributed by atoms with Crippen LogP contribution in [0.1, 0.15) is 57.9 Å². The minimum Gasteiger partial charge on any atom is -0.316 e. The average Bonchev–Trinajstić information content (AvgIpc) is 2.37. The zero-order valence-corrected chi connectivity index (χ0v) is 15.2. The van der Waals surface area contributed by atoms with Crippen LogP contribution in [0.4, 0.5) is 0 Å². The second-order valence-electron chi connectivity index (χ2n) is 8.25. The summed E-state index contributed by atoms with van der Waals surface area (Å²) in [5, 5.41) is 3.65. The maximum absolute atomic E-state index is 3.80. The minimum atomic E-state index is 0.481. The highest BCUT2D eigenvalue weighted by Gasteiger charge is 2.49. The molecule has 1 saturated carbocycles. The van der Waals surface area contributed by atoms with Gasteiger partial charge in [0.2, 0.25) is 0 Å². The van der Waals surface area contributed by atoms with E-state index in [1.54, 1.807) is 0 Å². The van der Waals surface area contributed by atoms with Gasteiger partial charge >= 0.3 is 0 Å². The van der Waals surface area contributed by atoms with E-state index in [1.165, 1.54) is 42.3 Å². The van der Waals surface area contributed by atoms with Crippen molar-refractivity contribution in [1.29, 1.82) is 0 Å². The van der Waals surface area contributed by atoms with Crippen molar-refractivity contribution in [3.05, 3.63) is 34.3 Å². The van der Waals surface area contributed by atoms with Gasteiger partial charge in [0.05, 0.1) is 0 Å². The number of hydrogen-bond donors (Lipinski definition) is 1. The summed E-state index contributed by atoms with van der Waals surface area (Å²) in [5.41, 5.74) is 2.47. The zero-order chi connectivity index (χ0) is 15.1. The maximum atomic E-state index is 3.80. The van der Waals surface area contributed by atoms with Crippen LogP contribution in [0.3, 0.4) is 0 Å². The standard InChI is InChI=1S/C19H28BrN/c1-14-10-18(2,3)13-19(11-14)8-9-21-12-16(19)15-6-4-5-7-17(15)20/h4-7,14,16,21H,8-13H2,1-3H3. The van der Waals surface area contributed by atoms with E-state index in [9.17, 15) is 0 Å². The second kappa shape index (κ2) is 5.70. The molecule has 0 aromatic heterocycles. The van der Waals surface area contributed by atoms with Gasteiger partial charge < -0.3 is 5.32 Å². The van der Waals surface area contributed by atoms with E-state index in [0.29, 0.717) is 16.7 Å². The molecule has 2 fully saturated rings. The van der Waals surface area contributed by atoms with E-state index in [-0.39, 0.29) is 0 Å². The number of rotatable bonds is 1. The highest BCUT2D eigenvalue weighted by molar-refractivity contribution is 9.10. The van der Waals surface area contributed by atoms with Crippen molar-refractivity contribution < 1.29 is 0 Å². The van der Waals surface area contributed by atoms with Crippen LogP contribution in [0.25, 0.3) is 0 Å². The van der Waals surface area contributed by atoms with Crippen LogP contribution < -0.4 is 5.32 Å². The third-order valence-corrected chi connectivity index (χ3v) is 6.38. The molecule has 116 valence electrons. The van der Waals surface area contributed by atoms with E-state index < -0.39 is 0 Å². The molecule has 1 aliphatic carbocycles. The molecular formula is C19H28BrN. The molecular weight excluding hydrogens is 322 g/mol. The first kappa shape index (κ1) is 15.6. The summed E-state index contributed by atoms with van der Waals surface area (Å²) >= 11 is 3.80. The van der Waals surface area contributed by atoms with E-state index in [4.69, 9.17) is 0 Å². The molecule has 1 nitrogen and oxygen atoms in total. The Morgan fingerprint density at radius 2 is 1.95 bits per heavy atom. The fraction of sp³-hybridized carbons (Fsp3) is 0.684. The van der Waals surface area contributed by atoms with E-state index in [2.05, 4.69) is 66.3 Å². The van der Waals surface area contributed by atoms with Crippen molar-refractivity contribution in [2.75, 3.05) is 13.1 Å². The van der Waals surface area contributed by atoms with Gasteiger partial charge in [-0.1, -0.05) is 54.9 Å². The van der Waals surface area contributed by atoms with Crippen LogP contribution in [-0.4, -0.2) is 13.1 Å². The number of halogens is 1. The Balaban J connectivity index is 2.00. The van der Waals surface area contributed by atoms with Crippen molar-refractivity contribution in [2.24, 2.45) is 16.7 Å². The third kappa shape index (κ3) is 3.07. The monoisotopic (exact) mass is 349 g/mol. The Morgan fingerprint density at radius 3 is 2.67 bits per heavy atom. The molecule has 1 N–H and O–H groups in total. The van der Waals surface area contributed by atoms with Gasteiger partial charge in [-0.2, -0.15) is 0 Å². The quantitative estimate of drug-likeness (QED) is 0.719. The van der Waals surface area contributed by atoms with Crippen molar-refractivity contribution in [3.8, 4) is 0 Å². The fourth-order valence-electron chi connectivity index (χ4n) is 5.43. The highest BCUT2D eigenvalue weighted by Crippen LogP contribution is 2.58. The summed E-state index contributed by atoms with van der Waals surface area (Å²) < 4.78 is 1.29. The lowest BCUT2D eigenvalue weighted by atomic mass is 9.53. The summed E-state index contributed by atoms with van der Waals surface area (Å²) in [6.45, 7) is 9.73. The first-order valence-corrected chi connectivity index (χ1v) is 9.16. The number of piperidine rings is 1. The Kier molecular flexibility index (Phi) is 4.22. The van der Waals surface area contributed by atoms with E-state index >= 15 is 0 Å². The van der Waals surface area contributed by atoms with Crippen molar-refractivity contribution in [3.63, 3.8) is 0 Å². The first-order chi connectivity index (χ1) is 9.92. The van der Waals surface area contributed by atoms with Gasteiger partial charge in [0.15, 0.2) is 0 Å². The van der Waals surface area contributed by atoms with E-state index in [1.807, 2.05) is 0 Å². The van der Waals surface area contributed by atoms with Gasteiger partial charge in [0.25, 0.3) is 0 Å². The molecule has 3 rings (SSSR count). The molecule has 1 spiro atoms. The third-order valence-electron chi connectivity index (χ3n) is 5.65. The first-order valence-electron chi connectivity index (χ1n) is 8.37. The number of hydrogen-bond acceptors (Lipinski definition) is 1. The average molecular weight is 350 g/mol. The van der Waals surface area contributed by atoms with Crippen molar-refractivity contribution >= 4 is 15.9 Å². The van der Waals surface area contributed by atoms with Gasteiger partial charge in [-0.05, 0) is 60.6 Å². The summed E-state index contributed by atoms with van der Waals surface area (Å²) in [7, 11) is 0. The van der Waals surface area contributed by atoms with Crippen LogP contribution in [0, 0.1) is 16.7 Å². The lowest BCUT2D eigenvalue weighted by molar-refractivity contribution is 0.00484. The summed E-state index contributed by atoms with van der Waals surface area (Å²) in [6, 6.07) is 8.86. The summed E-state index contributed by atoms with van der Waals surface area (Å²) in [6.07, 6.45) is 5.47. The van der Waals surface area contributed by atoms with Crippen LogP contribution in [0.5, 0.6) is 0 Å². The molecule has 1 heterocycles. The van der Waals surface area contributed by atoms with E-state index in [0.717, 1.165) is 12.5 Å². The van der Waals surface area contributed by atoms with Crippen LogP contribution in [0.15, 0.2) is 28.7 Å². The second-order valence-corrected chi connectivity index (χ2v) is 9.10. The highest BCUT2D eigenvalue weighted by atomic mass is 79.9. The Morgan fingerprint density at radius 1 is 1.19 bits per heavy atom. The Bertz CT molecular complexity index is 510. The molecule has 1 aromatic carbocycles. The maximum Gasteiger partial charge on any atom is 0.0210 e. The molecule has 1 saturated heterocycles. The smallest absolute Gasteiger partial charge is 0.0210 e. The molecule has 21 heavy (non-hydrogen) atoms. The number of benzene rings is 1. The van der Waals surface area contributed by atoms with Gasteiger partial charge in [-0.15, -0.1) is 0 Å². The molecule has 3 unspecified atom stereocenters. The minimum absolute atomic E-state index is 0.481. The zero-order valence-electron chi connectivity index (χ0n) is 13.6. The normalized spacial score (nSPS) is 35.8. The molecule has 2 heteroatoms. The topological polar surface area (TPSA) is 12.0 Å². The van der Waals surface area contributed by atoms with Crippen LogP contribution >= 0.6 is 15.9 Å². The van der Waals surface area contributed by atoms with Gasteiger partial charge in [-0.25, -0.2) is 0 Å². The van der Waals surface area contributed by atoms with Crippen molar-refractivity contribution in [1.82, 2.24) is 5.32 Å². The molecule has 0 bridgehead atoms. The summed E-state index contributed by atoms with van der Waals surface area (Å²) in [5.74, 6) is 1.49. The molecule has 1 aliphatic heterocycles. The lowest BCUT2D eigenvalue weighted by Crippen LogP contribution is -2.49.